The minimum absolute atomic E-state index is 0.107. The number of nitrogens with two attached hydrogens (primary N) is 2. The van der Waals surface area contributed by atoms with Crippen LogP contribution in [0.15, 0.2) is 24.3 Å². The van der Waals surface area contributed by atoms with Crippen LogP contribution in [0, 0.1) is 0 Å². The smallest absolute Gasteiger partial charge is 0.240 e. The number of hydrogen-bond acceptors (Lipinski definition) is 4. The van der Waals surface area contributed by atoms with E-state index in [1.807, 2.05) is 0 Å². The maximum absolute atomic E-state index is 11.0. The first-order valence-corrected chi connectivity index (χ1v) is 4.62. The quantitative estimate of drug-likeness (QED) is 0.505. The molecule has 0 saturated heterocycles. The number of primary amides is 2. The van der Waals surface area contributed by atoms with E-state index < -0.39 is 17.9 Å². The zero-order valence-electron chi connectivity index (χ0n) is 8.51. The molecule has 0 heterocycles. The Balaban J connectivity index is 2.71. The summed E-state index contributed by atoms with van der Waals surface area (Å²) in [5.41, 5.74) is 10.7. The summed E-state index contributed by atoms with van der Waals surface area (Å²) < 4.78 is 0. The number of carbonyl (C=O) groups is 2. The van der Waals surface area contributed by atoms with Crippen molar-refractivity contribution in [3.05, 3.63) is 24.3 Å². The molecule has 1 aromatic carbocycles. The van der Waals surface area contributed by atoms with Crippen LogP contribution in [0.2, 0.25) is 0 Å². The van der Waals surface area contributed by atoms with Crippen molar-refractivity contribution in [2.45, 2.75) is 12.5 Å². The molecule has 86 valence electrons. The molecule has 0 bridgehead atoms. The zero-order chi connectivity index (χ0) is 12.1. The fraction of sp³-hybridized carbons (Fsp3) is 0.200. The number of carbonyl (C=O) groups excluding carboxylic acids is 2. The van der Waals surface area contributed by atoms with Crippen LogP contribution < -0.4 is 16.8 Å². The molecular weight excluding hydrogens is 210 g/mol. The standard InChI is InChI=1S/C10H13N3O3/c11-9(15)5-8(10(12)16)13-6-1-3-7(14)4-2-6/h1-4,8,13-14H,5H2,(H2,11,15)(H2,12,16)/t8-/m0/s1. The van der Waals surface area contributed by atoms with E-state index in [0.717, 1.165) is 0 Å². The fourth-order valence-corrected chi connectivity index (χ4v) is 1.18. The van der Waals surface area contributed by atoms with Crippen LogP contribution in [-0.2, 0) is 9.59 Å². The molecule has 0 spiro atoms. The van der Waals surface area contributed by atoms with Gasteiger partial charge in [0.25, 0.3) is 0 Å². The Morgan fingerprint density at radius 1 is 1.25 bits per heavy atom. The highest BCUT2D eigenvalue weighted by Crippen LogP contribution is 2.15. The normalized spacial score (nSPS) is 11.8. The van der Waals surface area contributed by atoms with Crippen molar-refractivity contribution in [1.29, 1.82) is 0 Å². The van der Waals surface area contributed by atoms with Gasteiger partial charge in [-0.2, -0.15) is 0 Å². The minimum Gasteiger partial charge on any atom is -0.508 e. The maximum Gasteiger partial charge on any atom is 0.240 e. The third-order valence-corrected chi connectivity index (χ3v) is 1.96. The predicted octanol–water partition coefficient (Wildman–Crippen LogP) is -0.467. The molecule has 0 saturated carbocycles. The summed E-state index contributed by atoms with van der Waals surface area (Å²) in [7, 11) is 0. The molecule has 2 amide bonds. The Morgan fingerprint density at radius 3 is 2.25 bits per heavy atom. The van der Waals surface area contributed by atoms with Crippen molar-refractivity contribution in [3.63, 3.8) is 0 Å². The SMILES string of the molecule is NC(=O)C[C@H](Nc1ccc(O)cc1)C(N)=O. The van der Waals surface area contributed by atoms with Crippen molar-refractivity contribution < 1.29 is 14.7 Å². The highest BCUT2D eigenvalue weighted by atomic mass is 16.3. The van der Waals surface area contributed by atoms with Crippen molar-refractivity contribution in [2.24, 2.45) is 11.5 Å². The first-order valence-electron chi connectivity index (χ1n) is 4.62. The van der Waals surface area contributed by atoms with E-state index in [2.05, 4.69) is 5.32 Å². The lowest BCUT2D eigenvalue weighted by Crippen LogP contribution is -2.38. The lowest BCUT2D eigenvalue weighted by molar-refractivity contribution is -0.123. The Bertz CT molecular complexity index is 389. The summed E-state index contributed by atoms with van der Waals surface area (Å²) in [5, 5.41) is 11.8. The van der Waals surface area contributed by atoms with Gasteiger partial charge in [-0.15, -0.1) is 0 Å². The number of hydrogen-bond donors (Lipinski definition) is 4. The largest absolute Gasteiger partial charge is 0.508 e. The average molecular weight is 223 g/mol. The second kappa shape index (κ2) is 5.01. The van der Waals surface area contributed by atoms with E-state index in [0.29, 0.717) is 5.69 Å². The molecule has 0 radical (unpaired) electrons. The maximum atomic E-state index is 11.0. The summed E-state index contributed by atoms with van der Waals surface area (Å²) in [4.78, 5) is 21.7. The number of aromatic hydroxyl groups is 1. The van der Waals surface area contributed by atoms with Gasteiger partial charge in [0.1, 0.15) is 11.8 Å². The van der Waals surface area contributed by atoms with Gasteiger partial charge >= 0.3 is 0 Å². The van der Waals surface area contributed by atoms with Crippen molar-refractivity contribution >= 4 is 17.5 Å². The number of nitrogens with one attached hydrogen (secondary N) is 1. The van der Waals surface area contributed by atoms with Gasteiger partial charge in [-0.1, -0.05) is 0 Å². The number of amides is 2. The molecule has 0 aliphatic rings. The number of phenols is 1. The van der Waals surface area contributed by atoms with Crippen LogP contribution >= 0.6 is 0 Å². The van der Waals surface area contributed by atoms with E-state index in [9.17, 15) is 9.59 Å². The lowest BCUT2D eigenvalue weighted by atomic mass is 10.1. The Hall–Kier alpha value is -2.24. The fourth-order valence-electron chi connectivity index (χ4n) is 1.18. The monoisotopic (exact) mass is 223 g/mol. The van der Waals surface area contributed by atoms with E-state index in [-0.39, 0.29) is 12.2 Å². The van der Waals surface area contributed by atoms with Crippen LogP contribution in [0.4, 0.5) is 5.69 Å². The molecule has 6 N–H and O–H groups in total. The summed E-state index contributed by atoms with van der Waals surface area (Å²) >= 11 is 0. The van der Waals surface area contributed by atoms with Crippen LogP contribution in [0.25, 0.3) is 0 Å². The molecular formula is C10H13N3O3. The van der Waals surface area contributed by atoms with Gasteiger partial charge in [0.05, 0.1) is 6.42 Å². The van der Waals surface area contributed by atoms with Gasteiger partial charge in [-0.25, -0.2) is 0 Å². The third-order valence-electron chi connectivity index (χ3n) is 1.96. The van der Waals surface area contributed by atoms with Gasteiger partial charge in [0, 0.05) is 5.69 Å². The van der Waals surface area contributed by atoms with Crippen molar-refractivity contribution in [2.75, 3.05) is 5.32 Å². The molecule has 16 heavy (non-hydrogen) atoms. The molecule has 0 fully saturated rings. The van der Waals surface area contributed by atoms with E-state index in [4.69, 9.17) is 16.6 Å². The van der Waals surface area contributed by atoms with Crippen molar-refractivity contribution in [3.8, 4) is 5.75 Å². The molecule has 6 nitrogen and oxygen atoms in total. The average Bonchev–Trinajstić information content (AvgIpc) is 2.19. The van der Waals surface area contributed by atoms with E-state index >= 15 is 0 Å². The zero-order valence-corrected chi connectivity index (χ0v) is 8.51. The number of anilines is 1. The highest BCUT2D eigenvalue weighted by Gasteiger charge is 2.17. The third kappa shape index (κ3) is 3.49. The number of benzene rings is 1. The molecule has 0 aliphatic heterocycles. The summed E-state index contributed by atoms with van der Waals surface area (Å²) in [6.45, 7) is 0. The second-order valence-electron chi connectivity index (χ2n) is 3.32. The van der Waals surface area contributed by atoms with E-state index in [1.54, 1.807) is 12.1 Å². The second-order valence-corrected chi connectivity index (χ2v) is 3.32. The Labute approximate surface area is 92.2 Å². The van der Waals surface area contributed by atoms with E-state index in [1.165, 1.54) is 12.1 Å². The lowest BCUT2D eigenvalue weighted by Gasteiger charge is -2.14. The molecule has 1 rings (SSSR count). The summed E-state index contributed by atoms with van der Waals surface area (Å²) in [6.07, 6.45) is -0.170. The Kier molecular flexibility index (Phi) is 3.71. The predicted molar refractivity (Wildman–Crippen MR) is 58.5 cm³/mol. The van der Waals surface area contributed by atoms with Gasteiger partial charge in [0.15, 0.2) is 0 Å². The molecule has 1 aromatic rings. The highest BCUT2D eigenvalue weighted by molar-refractivity contribution is 5.88. The van der Waals surface area contributed by atoms with Crippen LogP contribution in [0.1, 0.15) is 6.42 Å². The topological polar surface area (TPSA) is 118 Å². The van der Waals surface area contributed by atoms with Crippen LogP contribution in [0.5, 0.6) is 5.75 Å². The minimum atomic E-state index is -0.845. The molecule has 1 atom stereocenters. The summed E-state index contributed by atoms with van der Waals surface area (Å²) in [5.74, 6) is -1.17. The Morgan fingerprint density at radius 2 is 1.81 bits per heavy atom. The van der Waals surface area contributed by atoms with Gasteiger partial charge in [-0.05, 0) is 24.3 Å². The van der Waals surface area contributed by atoms with Gasteiger partial charge in [-0.3, -0.25) is 9.59 Å². The molecule has 0 aliphatic carbocycles. The van der Waals surface area contributed by atoms with Gasteiger partial charge < -0.3 is 21.9 Å². The van der Waals surface area contributed by atoms with Crippen molar-refractivity contribution in [1.82, 2.24) is 0 Å². The first-order chi connectivity index (χ1) is 7.49. The van der Waals surface area contributed by atoms with Crippen LogP contribution in [0.3, 0.4) is 0 Å². The first kappa shape index (κ1) is 11.8. The molecule has 0 unspecified atom stereocenters. The van der Waals surface area contributed by atoms with Gasteiger partial charge in [0.2, 0.25) is 11.8 Å². The van der Waals surface area contributed by atoms with Crippen LogP contribution in [-0.4, -0.2) is 23.0 Å². The number of phenolic OH excluding ortho intramolecular Hbond substituents is 1. The number of rotatable bonds is 5. The molecule has 6 heteroatoms. The summed E-state index contributed by atoms with van der Waals surface area (Å²) in [6, 6.07) is 5.18. The molecule has 0 aromatic heterocycles.